The molecule has 0 unspecified atom stereocenters. The van der Waals surface area contributed by atoms with E-state index in [-0.39, 0.29) is 35.6 Å². The number of likely N-dealkylation sites (tertiary alicyclic amines) is 1. The number of nitrogens with zero attached hydrogens (tertiary/aromatic N) is 2. The molecule has 2 saturated heterocycles. The van der Waals surface area contributed by atoms with Crippen LogP contribution in [-0.4, -0.2) is 52.8 Å². The Labute approximate surface area is 144 Å². The molecule has 1 aromatic carbocycles. The van der Waals surface area contributed by atoms with Crippen molar-refractivity contribution in [3.05, 3.63) is 29.8 Å². The summed E-state index contributed by atoms with van der Waals surface area (Å²) in [5, 5.41) is 8.93. The third kappa shape index (κ3) is 3.25. The molecular formula is C17H19N3O5. The fourth-order valence-electron chi connectivity index (χ4n) is 3.42. The number of carbonyl (C=O) groups excluding carboxylic acids is 3. The Bertz CT molecular complexity index is 722. The standard InChI is InChI=1S/C17H19N3O5/c18-15(22)10-5-7-19(8-6-10)13-9-14(21)20(16(13)23)12-3-1-11(2-4-12)17(24)25/h1-4,10,13H,5-9H2,(H2,18,22)(H,24,25)/t13-/m1/s1. The summed E-state index contributed by atoms with van der Waals surface area (Å²) >= 11 is 0. The van der Waals surface area contributed by atoms with E-state index < -0.39 is 12.0 Å². The van der Waals surface area contributed by atoms with Crippen LogP contribution in [-0.2, 0) is 14.4 Å². The smallest absolute Gasteiger partial charge is 0.335 e. The van der Waals surface area contributed by atoms with Gasteiger partial charge in [0.2, 0.25) is 11.8 Å². The lowest BCUT2D eigenvalue weighted by atomic mass is 9.95. The normalized spacial score (nSPS) is 22.4. The van der Waals surface area contributed by atoms with E-state index in [4.69, 9.17) is 10.8 Å². The third-order valence-corrected chi connectivity index (χ3v) is 4.87. The molecule has 8 heteroatoms. The van der Waals surface area contributed by atoms with Gasteiger partial charge < -0.3 is 10.8 Å². The van der Waals surface area contributed by atoms with Crippen LogP contribution in [0, 0.1) is 5.92 Å². The van der Waals surface area contributed by atoms with Crippen molar-refractivity contribution in [2.75, 3.05) is 18.0 Å². The van der Waals surface area contributed by atoms with Crippen LogP contribution in [0.4, 0.5) is 5.69 Å². The van der Waals surface area contributed by atoms with E-state index in [1.807, 2.05) is 4.90 Å². The summed E-state index contributed by atoms with van der Waals surface area (Å²) in [6.45, 7) is 1.09. The molecule has 0 radical (unpaired) electrons. The van der Waals surface area contributed by atoms with Gasteiger partial charge in [0, 0.05) is 5.92 Å². The first-order valence-corrected chi connectivity index (χ1v) is 8.12. The molecule has 2 aliphatic heterocycles. The first kappa shape index (κ1) is 17.1. The van der Waals surface area contributed by atoms with E-state index in [0.717, 1.165) is 4.90 Å². The molecule has 0 aliphatic carbocycles. The van der Waals surface area contributed by atoms with Crippen LogP contribution in [0.25, 0.3) is 0 Å². The van der Waals surface area contributed by atoms with Crippen LogP contribution >= 0.6 is 0 Å². The minimum Gasteiger partial charge on any atom is -0.478 e. The number of carbonyl (C=O) groups is 4. The molecule has 132 valence electrons. The van der Waals surface area contributed by atoms with Crippen molar-refractivity contribution in [1.82, 2.24) is 4.90 Å². The van der Waals surface area contributed by atoms with Gasteiger partial charge in [0.1, 0.15) is 0 Å². The zero-order valence-corrected chi connectivity index (χ0v) is 13.6. The van der Waals surface area contributed by atoms with Crippen molar-refractivity contribution in [3.63, 3.8) is 0 Å². The summed E-state index contributed by atoms with van der Waals surface area (Å²) < 4.78 is 0. The second-order valence-electron chi connectivity index (χ2n) is 6.35. The fraction of sp³-hybridized carbons (Fsp3) is 0.412. The lowest BCUT2D eigenvalue weighted by Crippen LogP contribution is -2.47. The molecule has 8 nitrogen and oxygen atoms in total. The second kappa shape index (κ2) is 6.64. The number of primary amides is 1. The number of amides is 3. The summed E-state index contributed by atoms with van der Waals surface area (Å²) in [4.78, 5) is 50.2. The molecule has 3 N–H and O–H groups in total. The predicted octanol–water partition coefficient (Wildman–Crippen LogP) is 0.214. The molecule has 3 rings (SSSR count). The van der Waals surface area contributed by atoms with Gasteiger partial charge in [0.05, 0.1) is 23.7 Å². The maximum absolute atomic E-state index is 12.7. The van der Waals surface area contributed by atoms with Gasteiger partial charge in [0.15, 0.2) is 0 Å². The number of hydrogen-bond donors (Lipinski definition) is 2. The first-order valence-electron chi connectivity index (χ1n) is 8.12. The SMILES string of the molecule is NC(=O)C1CCN([C@@H]2CC(=O)N(c3ccc(C(=O)O)cc3)C2=O)CC1. The second-order valence-corrected chi connectivity index (χ2v) is 6.35. The summed E-state index contributed by atoms with van der Waals surface area (Å²) in [5.74, 6) is -2.20. The number of benzene rings is 1. The van der Waals surface area contributed by atoms with Crippen LogP contribution < -0.4 is 10.6 Å². The summed E-state index contributed by atoms with van der Waals surface area (Å²) in [6.07, 6.45) is 1.25. The molecule has 2 aliphatic rings. The average molecular weight is 345 g/mol. The van der Waals surface area contributed by atoms with Crippen molar-refractivity contribution < 1.29 is 24.3 Å². The molecular weight excluding hydrogens is 326 g/mol. The Morgan fingerprint density at radius 2 is 1.68 bits per heavy atom. The van der Waals surface area contributed by atoms with Crippen LogP contribution in [0.2, 0.25) is 0 Å². The molecule has 2 fully saturated rings. The Kier molecular flexibility index (Phi) is 4.54. The minimum atomic E-state index is -1.07. The van der Waals surface area contributed by atoms with E-state index in [1.165, 1.54) is 24.3 Å². The number of anilines is 1. The number of hydrogen-bond acceptors (Lipinski definition) is 5. The van der Waals surface area contributed by atoms with Crippen molar-refractivity contribution in [2.24, 2.45) is 11.7 Å². The Morgan fingerprint density at radius 3 is 2.20 bits per heavy atom. The summed E-state index contributed by atoms with van der Waals surface area (Å²) in [7, 11) is 0. The quantitative estimate of drug-likeness (QED) is 0.753. The average Bonchev–Trinajstić information content (AvgIpc) is 2.89. The Hall–Kier alpha value is -2.74. The number of carboxylic acids is 1. The van der Waals surface area contributed by atoms with E-state index in [9.17, 15) is 19.2 Å². The highest BCUT2D eigenvalue weighted by Gasteiger charge is 2.43. The number of aromatic carboxylic acids is 1. The number of carboxylic acid groups (broad SMARTS) is 1. The van der Waals surface area contributed by atoms with E-state index >= 15 is 0 Å². The van der Waals surface area contributed by atoms with Gasteiger partial charge in [-0.2, -0.15) is 0 Å². The van der Waals surface area contributed by atoms with Crippen LogP contribution in [0.15, 0.2) is 24.3 Å². The van der Waals surface area contributed by atoms with Crippen LogP contribution in [0.1, 0.15) is 29.6 Å². The highest BCUT2D eigenvalue weighted by Crippen LogP contribution is 2.28. The Morgan fingerprint density at radius 1 is 1.08 bits per heavy atom. The van der Waals surface area contributed by atoms with Gasteiger partial charge in [-0.25, -0.2) is 9.69 Å². The predicted molar refractivity (Wildman–Crippen MR) is 87.8 cm³/mol. The van der Waals surface area contributed by atoms with Gasteiger partial charge in [-0.05, 0) is 50.2 Å². The van der Waals surface area contributed by atoms with Crippen molar-refractivity contribution >= 4 is 29.4 Å². The summed E-state index contributed by atoms with van der Waals surface area (Å²) in [6, 6.07) is 5.11. The van der Waals surface area contributed by atoms with Crippen LogP contribution in [0.3, 0.4) is 0 Å². The molecule has 0 bridgehead atoms. The van der Waals surface area contributed by atoms with Crippen molar-refractivity contribution in [3.8, 4) is 0 Å². The summed E-state index contributed by atoms with van der Waals surface area (Å²) in [5.41, 5.74) is 5.78. The molecule has 25 heavy (non-hydrogen) atoms. The van der Waals surface area contributed by atoms with E-state index in [1.54, 1.807) is 0 Å². The molecule has 2 heterocycles. The molecule has 1 atom stereocenters. The largest absolute Gasteiger partial charge is 0.478 e. The fourth-order valence-corrected chi connectivity index (χ4v) is 3.42. The number of rotatable bonds is 4. The van der Waals surface area contributed by atoms with Gasteiger partial charge in [-0.1, -0.05) is 0 Å². The van der Waals surface area contributed by atoms with E-state index in [2.05, 4.69) is 0 Å². The maximum atomic E-state index is 12.7. The monoisotopic (exact) mass is 345 g/mol. The molecule has 1 aromatic rings. The Balaban J connectivity index is 1.72. The lowest BCUT2D eigenvalue weighted by Gasteiger charge is -2.33. The number of nitrogens with two attached hydrogens (primary N) is 1. The lowest BCUT2D eigenvalue weighted by molar-refractivity contribution is -0.124. The van der Waals surface area contributed by atoms with Gasteiger partial charge in [-0.3, -0.25) is 19.3 Å². The van der Waals surface area contributed by atoms with Crippen molar-refractivity contribution in [2.45, 2.75) is 25.3 Å². The number of imide groups is 1. The molecule has 3 amide bonds. The van der Waals surface area contributed by atoms with E-state index in [0.29, 0.717) is 31.6 Å². The van der Waals surface area contributed by atoms with Crippen LogP contribution in [0.5, 0.6) is 0 Å². The highest BCUT2D eigenvalue weighted by molar-refractivity contribution is 6.22. The zero-order valence-electron chi connectivity index (χ0n) is 13.6. The maximum Gasteiger partial charge on any atom is 0.335 e. The number of piperidine rings is 1. The third-order valence-electron chi connectivity index (χ3n) is 4.87. The first-order chi connectivity index (χ1) is 11.9. The molecule has 0 spiro atoms. The van der Waals surface area contributed by atoms with Gasteiger partial charge in [-0.15, -0.1) is 0 Å². The minimum absolute atomic E-state index is 0.0841. The van der Waals surface area contributed by atoms with Crippen molar-refractivity contribution in [1.29, 1.82) is 0 Å². The molecule has 0 saturated carbocycles. The van der Waals surface area contributed by atoms with Gasteiger partial charge >= 0.3 is 5.97 Å². The highest BCUT2D eigenvalue weighted by atomic mass is 16.4. The zero-order chi connectivity index (χ0) is 18.1. The topological polar surface area (TPSA) is 121 Å². The molecule has 0 aromatic heterocycles. The van der Waals surface area contributed by atoms with Gasteiger partial charge in [0.25, 0.3) is 5.91 Å².